The number of carbonyl (C=O) groups is 1. The van der Waals surface area contributed by atoms with Crippen molar-refractivity contribution in [3.63, 3.8) is 0 Å². The fourth-order valence-corrected chi connectivity index (χ4v) is 2.85. The molecule has 5 nitrogen and oxygen atoms in total. The smallest absolute Gasteiger partial charge is 0.225 e. The summed E-state index contributed by atoms with van der Waals surface area (Å²) in [5, 5.41) is 7.32. The molecule has 3 rings (SSSR count). The van der Waals surface area contributed by atoms with Crippen molar-refractivity contribution >= 4 is 11.7 Å². The number of rotatable bonds is 8. The Bertz CT molecular complexity index is 691. The molecule has 2 aromatic rings. The fraction of sp³-hybridized carbons (Fsp3) is 0.474. The third kappa shape index (κ3) is 4.16. The second kappa shape index (κ2) is 7.51. The van der Waals surface area contributed by atoms with Crippen molar-refractivity contribution in [2.24, 2.45) is 5.92 Å². The standard InChI is InChI=1S/C19H25N3O2/c1-14-6-3-4-7-17(14)24-13-5-8-19(23)21-18-11-12-20-22(18)15(2)16-9-10-16/h3-4,6-7,11-12,15-16H,5,8-10,13H2,1-2H3,(H,21,23). The van der Waals surface area contributed by atoms with Gasteiger partial charge in [0, 0.05) is 12.5 Å². The second-order valence-electron chi connectivity index (χ2n) is 6.50. The summed E-state index contributed by atoms with van der Waals surface area (Å²) in [5.74, 6) is 2.38. The van der Waals surface area contributed by atoms with Gasteiger partial charge in [-0.3, -0.25) is 4.79 Å². The van der Waals surface area contributed by atoms with Crippen LogP contribution in [0.15, 0.2) is 36.5 Å². The lowest BCUT2D eigenvalue weighted by molar-refractivity contribution is -0.116. The SMILES string of the molecule is Cc1ccccc1OCCCC(=O)Nc1ccnn1C(C)C1CC1. The molecule has 1 aromatic heterocycles. The van der Waals surface area contributed by atoms with Crippen LogP contribution in [0.2, 0.25) is 0 Å². The molecule has 1 heterocycles. The number of para-hydroxylation sites is 1. The van der Waals surface area contributed by atoms with Crippen LogP contribution in [0.25, 0.3) is 0 Å². The zero-order chi connectivity index (χ0) is 16.9. The first-order valence-corrected chi connectivity index (χ1v) is 8.67. The number of aromatic nitrogens is 2. The Balaban J connectivity index is 1.43. The van der Waals surface area contributed by atoms with Crippen LogP contribution in [0, 0.1) is 12.8 Å². The Morgan fingerprint density at radius 1 is 1.38 bits per heavy atom. The summed E-state index contributed by atoms with van der Waals surface area (Å²) in [6.45, 7) is 4.72. The van der Waals surface area contributed by atoms with E-state index in [1.54, 1.807) is 6.20 Å². The molecule has 1 fully saturated rings. The first-order chi connectivity index (χ1) is 11.6. The van der Waals surface area contributed by atoms with E-state index in [1.165, 1.54) is 12.8 Å². The molecule has 1 aliphatic carbocycles. The average molecular weight is 327 g/mol. The van der Waals surface area contributed by atoms with Gasteiger partial charge in [0.25, 0.3) is 0 Å². The van der Waals surface area contributed by atoms with E-state index in [0.717, 1.165) is 17.1 Å². The van der Waals surface area contributed by atoms with E-state index in [1.807, 2.05) is 41.9 Å². The zero-order valence-electron chi connectivity index (χ0n) is 14.4. The van der Waals surface area contributed by atoms with E-state index >= 15 is 0 Å². The Morgan fingerprint density at radius 3 is 2.92 bits per heavy atom. The van der Waals surface area contributed by atoms with E-state index in [2.05, 4.69) is 17.3 Å². The summed E-state index contributed by atoms with van der Waals surface area (Å²) in [4.78, 5) is 12.1. The number of hydrogen-bond donors (Lipinski definition) is 1. The van der Waals surface area contributed by atoms with Crippen LogP contribution in [-0.4, -0.2) is 22.3 Å². The largest absolute Gasteiger partial charge is 0.493 e. The van der Waals surface area contributed by atoms with Gasteiger partial charge in [-0.25, -0.2) is 4.68 Å². The van der Waals surface area contributed by atoms with Crippen LogP contribution in [0.5, 0.6) is 5.75 Å². The van der Waals surface area contributed by atoms with Gasteiger partial charge in [-0.05, 0) is 50.7 Å². The maximum Gasteiger partial charge on any atom is 0.225 e. The highest BCUT2D eigenvalue weighted by atomic mass is 16.5. The fourth-order valence-electron chi connectivity index (χ4n) is 2.85. The molecule has 1 N–H and O–H groups in total. The van der Waals surface area contributed by atoms with E-state index in [0.29, 0.717) is 31.4 Å². The molecular formula is C19H25N3O2. The van der Waals surface area contributed by atoms with Gasteiger partial charge in [-0.1, -0.05) is 18.2 Å². The first kappa shape index (κ1) is 16.6. The molecule has 0 bridgehead atoms. The van der Waals surface area contributed by atoms with Gasteiger partial charge >= 0.3 is 0 Å². The monoisotopic (exact) mass is 327 g/mol. The van der Waals surface area contributed by atoms with Crippen LogP contribution in [-0.2, 0) is 4.79 Å². The molecule has 1 aromatic carbocycles. The number of amides is 1. The molecule has 24 heavy (non-hydrogen) atoms. The summed E-state index contributed by atoms with van der Waals surface area (Å²) in [6.07, 6.45) is 5.38. The predicted molar refractivity (Wildman–Crippen MR) is 94.2 cm³/mol. The molecule has 128 valence electrons. The summed E-state index contributed by atoms with van der Waals surface area (Å²) in [6, 6.07) is 10.1. The van der Waals surface area contributed by atoms with Gasteiger partial charge in [0.15, 0.2) is 0 Å². The zero-order valence-corrected chi connectivity index (χ0v) is 14.4. The molecule has 1 aliphatic rings. The van der Waals surface area contributed by atoms with Gasteiger partial charge in [0.2, 0.25) is 5.91 Å². The van der Waals surface area contributed by atoms with Gasteiger partial charge in [0.05, 0.1) is 18.8 Å². The Labute approximate surface area is 143 Å². The molecule has 1 amide bonds. The molecule has 1 atom stereocenters. The summed E-state index contributed by atoms with van der Waals surface area (Å²) in [7, 11) is 0. The van der Waals surface area contributed by atoms with Crippen molar-refractivity contribution in [2.45, 2.75) is 45.6 Å². The van der Waals surface area contributed by atoms with Crippen LogP contribution < -0.4 is 10.1 Å². The Kier molecular flexibility index (Phi) is 5.18. The summed E-state index contributed by atoms with van der Waals surface area (Å²) >= 11 is 0. The van der Waals surface area contributed by atoms with E-state index < -0.39 is 0 Å². The molecule has 5 heteroatoms. The van der Waals surface area contributed by atoms with Crippen LogP contribution in [0.3, 0.4) is 0 Å². The molecule has 0 aliphatic heterocycles. The Hall–Kier alpha value is -2.30. The van der Waals surface area contributed by atoms with Crippen molar-refractivity contribution in [3.8, 4) is 5.75 Å². The van der Waals surface area contributed by atoms with Crippen LogP contribution in [0.4, 0.5) is 5.82 Å². The van der Waals surface area contributed by atoms with Gasteiger partial charge < -0.3 is 10.1 Å². The third-order valence-corrected chi connectivity index (χ3v) is 4.53. The average Bonchev–Trinajstić information content (AvgIpc) is 3.32. The molecule has 1 unspecified atom stereocenters. The van der Waals surface area contributed by atoms with Crippen molar-refractivity contribution in [2.75, 3.05) is 11.9 Å². The summed E-state index contributed by atoms with van der Waals surface area (Å²) in [5.41, 5.74) is 1.11. The quantitative estimate of drug-likeness (QED) is 0.747. The number of anilines is 1. The highest BCUT2D eigenvalue weighted by Gasteiger charge is 2.30. The van der Waals surface area contributed by atoms with Crippen molar-refractivity contribution in [3.05, 3.63) is 42.1 Å². The lowest BCUT2D eigenvalue weighted by Crippen LogP contribution is -2.18. The normalized spacial score (nSPS) is 15.1. The highest BCUT2D eigenvalue weighted by molar-refractivity contribution is 5.89. The maximum atomic E-state index is 12.1. The van der Waals surface area contributed by atoms with Crippen LogP contribution in [0.1, 0.15) is 44.2 Å². The minimum atomic E-state index is 0.00753. The number of carbonyl (C=O) groups excluding carboxylic acids is 1. The van der Waals surface area contributed by atoms with E-state index in [-0.39, 0.29) is 5.91 Å². The van der Waals surface area contributed by atoms with E-state index in [4.69, 9.17) is 4.74 Å². The van der Waals surface area contributed by atoms with Crippen LogP contribution >= 0.6 is 0 Å². The predicted octanol–water partition coefficient (Wildman–Crippen LogP) is 3.96. The lowest BCUT2D eigenvalue weighted by atomic mass is 10.2. The first-order valence-electron chi connectivity index (χ1n) is 8.67. The minimum absolute atomic E-state index is 0.00753. The Morgan fingerprint density at radius 2 is 2.17 bits per heavy atom. The molecule has 1 saturated carbocycles. The van der Waals surface area contributed by atoms with Crippen molar-refractivity contribution in [1.29, 1.82) is 0 Å². The van der Waals surface area contributed by atoms with Gasteiger partial charge in [-0.15, -0.1) is 0 Å². The third-order valence-electron chi connectivity index (χ3n) is 4.53. The molecule has 0 saturated heterocycles. The molecular weight excluding hydrogens is 302 g/mol. The number of ether oxygens (including phenoxy) is 1. The lowest BCUT2D eigenvalue weighted by Gasteiger charge is -2.15. The molecule has 0 spiro atoms. The van der Waals surface area contributed by atoms with Crippen molar-refractivity contribution in [1.82, 2.24) is 9.78 Å². The number of aryl methyl sites for hydroxylation is 1. The number of hydrogen-bond acceptors (Lipinski definition) is 3. The van der Waals surface area contributed by atoms with Crippen molar-refractivity contribution < 1.29 is 9.53 Å². The van der Waals surface area contributed by atoms with Gasteiger partial charge in [-0.2, -0.15) is 5.10 Å². The van der Waals surface area contributed by atoms with Gasteiger partial charge in [0.1, 0.15) is 11.6 Å². The highest BCUT2D eigenvalue weighted by Crippen LogP contribution is 2.40. The number of benzene rings is 1. The summed E-state index contributed by atoms with van der Waals surface area (Å²) < 4.78 is 7.66. The minimum Gasteiger partial charge on any atom is -0.493 e. The maximum absolute atomic E-state index is 12.1. The molecule has 0 radical (unpaired) electrons. The number of nitrogens with zero attached hydrogens (tertiary/aromatic N) is 2. The topological polar surface area (TPSA) is 56.1 Å². The number of nitrogens with one attached hydrogen (secondary N) is 1. The second-order valence-corrected chi connectivity index (χ2v) is 6.50. The van der Waals surface area contributed by atoms with E-state index in [9.17, 15) is 4.79 Å².